The van der Waals surface area contributed by atoms with Crippen molar-refractivity contribution < 1.29 is 78.9 Å². The summed E-state index contributed by atoms with van der Waals surface area (Å²) in [6.45, 7) is 0.552. The number of carboxylic acids is 1. The van der Waals surface area contributed by atoms with Crippen LogP contribution in [0.5, 0.6) is 0 Å². The van der Waals surface area contributed by atoms with E-state index in [0.717, 1.165) is 6.92 Å². The summed E-state index contributed by atoms with van der Waals surface area (Å²) in [5.74, 6) is -3.01. The van der Waals surface area contributed by atoms with Crippen molar-refractivity contribution in [3.8, 4) is 0 Å². The van der Waals surface area contributed by atoms with Gasteiger partial charge in [0.2, 0.25) is 0 Å². The average Bonchev–Trinajstić information content (AvgIpc) is 2.95. The molecule has 2 saturated carbocycles. The van der Waals surface area contributed by atoms with E-state index in [9.17, 15) is 45.3 Å². The zero-order chi connectivity index (χ0) is 33.2. The van der Waals surface area contributed by atoms with Crippen LogP contribution in [0, 0.1) is 11.8 Å². The highest BCUT2D eigenvalue weighted by Crippen LogP contribution is 2.44. The summed E-state index contributed by atoms with van der Waals surface area (Å²) in [4.78, 5) is 23.2. The third kappa shape index (κ3) is 8.69. The third-order valence-electron chi connectivity index (χ3n) is 9.54. The molecule has 260 valence electrons. The molecule has 4 fully saturated rings. The predicted molar refractivity (Wildman–Crippen MR) is 148 cm³/mol. The van der Waals surface area contributed by atoms with Crippen LogP contribution in [0.2, 0.25) is 0 Å². The Labute approximate surface area is 260 Å². The highest BCUT2D eigenvalue weighted by molar-refractivity contribution is 5.73. The van der Waals surface area contributed by atoms with Crippen LogP contribution in [-0.4, -0.2) is 159 Å². The molecule has 0 aromatic carbocycles. The van der Waals surface area contributed by atoms with Gasteiger partial charge < -0.3 is 69.3 Å². The lowest BCUT2D eigenvalue weighted by atomic mass is 9.72. The van der Waals surface area contributed by atoms with Crippen molar-refractivity contribution >= 4 is 11.9 Å². The van der Waals surface area contributed by atoms with Gasteiger partial charge in [0.1, 0.15) is 37.1 Å². The maximum Gasteiger partial charge on any atom is 0.308 e. The van der Waals surface area contributed by atoms with Crippen molar-refractivity contribution in [2.75, 3.05) is 20.8 Å². The van der Waals surface area contributed by atoms with Gasteiger partial charge in [-0.05, 0) is 44.9 Å². The molecule has 8 N–H and O–H groups in total. The van der Waals surface area contributed by atoms with Crippen molar-refractivity contribution in [2.45, 2.75) is 137 Å². The molecule has 45 heavy (non-hydrogen) atoms. The highest BCUT2D eigenvalue weighted by Gasteiger charge is 2.53. The average molecular weight is 653 g/mol. The topological polar surface area (TPSA) is 251 Å². The van der Waals surface area contributed by atoms with Crippen LogP contribution in [0.4, 0.5) is 0 Å². The summed E-state index contributed by atoms with van der Waals surface area (Å²) in [5, 5.41) is 82.9. The molecule has 4 rings (SSSR count). The van der Waals surface area contributed by atoms with E-state index < -0.39 is 122 Å². The van der Waals surface area contributed by atoms with Gasteiger partial charge in [-0.3, -0.25) is 9.59 Å². The molecule has 2 aliphatic carbocycles. The van der Waals surface area contributed by atoms with Gasteiger partial charge in [-0.1, -0.05) is 0 Å². The number of rotatable bonds is 11. The SMILES string of the molecule is COC1CC(C2OC3CC(O)CC(O)C3CC2O[C@@H]2O[C@H](COC(=O)C[C@@](C)(O)CC(=O)O)[C@@H](O)[C@H](O)[C@H]2O)CC(OC)C1O. The lowest BCUT2D eigenvalue weighted by Gasteiger charge is -2.51. The molecular formula is C29H48O16. The summed E-state index contributed by atoms with van der Waals surface area (Å²) in [6.07, 6.45) is -13.8. The van der Waals surface area contributed by atoms with Crippen LogP contribution < -0.4 is 0 Å². The minimum Gasteiger partial charge on any atom is -0.481 e. The molecule has 4 aliphatic rings. The number of aliphatic hydroxyl groups is 7. The number of hydrogen-bond donors (Lipinski definition) is 8. The number of esters is 1. The Morgan fingerprint density at radius 1 is 0.800 bits per heavy atom. The molecule has 0 aromatic rings. The van der Waals surface area contributed by atoms with E-state index in [4.69, 9.17) is 33.5 Å². The first-order chi connectivity index (χ1) is 21.1. The normalized spacial score (nSPS) is 45.2. The zero-order valence-corrected chi connectivity index (χ0v) is 25.7. The Hall–Kier alpha value is -1.54. The molecule has 2 heterocycles. The van der Waals surface area contributed by atoms with E-state index in [0.29, 0.717) is 19.3 Å². The summed E-state index contributed by atoms with van der Waals surface area (Å²) in [7, 11) is 2.95. The minimum absolute atomic E-state index is 0.148. The first-order valence-electron chi connectivity index (χ1n) is 15.3. The number of carboxylic acid groups (broad SMARTS) is 1. The molecule has 0 aromatic heterocycles. The van der Waals surface area contributed by atoms with E-state index >= 15 is 0 Å². The Bertz CT molecular complexity index is 981. The Balaban J connectivity index is 1.50. The number of methoxy groups -OCH3 is 2. The number of carbonyl (C=O) groups excluding carboxylic acids is 1. The van der Waals surface area contributed by atoms with E-state index in [1.807, 2.05) is 0 Å². The standard InChI is InChI=1S/C29H48O16/c1-29(39,9-21(32)33)10-22(34)42-11-20-24(36)25(37)26(38)28(45-20)44-19-8-14-15(31)6-13(30)7-16(14)43-27(19)12-4-17(40-2)23(35)18(5-12)41-3/h12-20,23-28,30-31,35-39H,4-11H2,1-3H3,(H,32,33)/t12?,13?,14?,15?,16?,17?,18?,19?,20-,23?,24-,25+,26-,27?,28-,29+/m1/s1. The van der Waals surface area contributed by atoms with Crippen LogP contribution in [0.15, 0.2) is 0 Å². The van der Waals surface area contributed by atoms with Gasteiger partial charge in [-0.15, -0.1) is 0 Å². The summed E-state index contributed by atoms with van der Waals surface area (Å²) < 4.78 is 34.7. The molecule has 0 amide bonds. The molecule has 0 radical (unpaired) electrons. The van der Waals surface area contributed by atoms with Crippen LogP contribution in [-0.2, 0) is 38.0 Å². The fraction of sp³-hybridized carbons (Fsp3) is 0.931. The molecule has 0 bridgehead atoms. The number of aliphatic hydroxyl groups excluding tert-OH is 6. The van der Waals surface area contributed by atoms with Gasteiger partial charge in [0.15, 0.2) is 6.29 Å². The lowest BCUT2D eigenvalue weighted by Crippen LogP contribution is -2.62. The van der Waals surface area contributed by atoms with Gasteiger partial charge in [0.25, 0.3) is 0 Å². The van der Waals surface area contributed by atoms with Crippen molar-refractivity contribution in [1.82, 2.24) is 0 Å². The number of ether oxygens (including phenoxy) is 6. The lowest BCUT2D eigenvalue weighted by molar-refractivity contribution is -0.334. The van der Waals surface area contributed by atoms with E-state index in [1.54, 1.807) is 0 Å². The molecule has 8 unspecified atom stereocenters. The summed E-state index contributed by atoms with van der Waals surface area (Å²) in [5.41, 5.74) is -1.89. The quantitative estimate of drug-likeness (QED) is 0.107. The number of fused-ring (bicyclic) bond motifs is 1. The number of carbonyl (C=O) groups is 2. The van der Waals surface area contributed by atoms with Crippen LogP contribution in [0.25, 0.3) is 0 Å². The molecule has 2 aliphatic heterocycles. The molecule has 16 heteroatoms. The van der Waals surface area contributed by atoms with Crippen molar-refractivity contribution in [2.24, 2.45) is 11.8 Å². The van der Waals surface area contributed by atoms with Gasteiger partial charge in [0.05, 0.1) is 61.2 Å². The molecule has 16 nitrogen and oxygen atoms in total. The Morgan fingerprint density at radius 3 is 2.04 bits per heavy atom. The summed E-state index contributed by atoms with van der Waals surface area (Å²) >= 11 is 0. The largest absolute Gasteiger partial charge is 0.481 e. The Kier molecular flexibility index (Phi) is 12.2. The number of hydrogen-bond acceptors (Lipinski definition) is 15. The third-order valence-corrected chi connectivity index (χ3v) is 9.54. The predicted octanol–water partition coefficient (Wildman–Crippen LogP) is -2.57. The van der Waals surface area contributed by atoms with Crippen molar-refractivity contribution in [3.05, 3.63) is 0 Å². The Morgan fingerprint density at radius 2 is 1.44 bits per heavy atom. The number of aliphatic carboxylic acids is 1. The van der Waals surface area contributed by atoms with Crippen molar-refractivity contribution in [1.29, 1.82) is 0 Å². The second-order valence-corrected chi connectivity index (χ2v) is 13.1. The van der Waals surface area contributed by atoms with E-state index in [-0.39, 0.29) is 18.8 Å². The fourth-order valence-corrected chi connectivity index (χ4v) is 7.16. The maximum atomic E-state index is 12.3. The van der Waals surface area contributed by atoms with Gasteiger partial charge in [0, 0.05) is 20.1 Å². The van der Waals surface area contributed by atoms with E-state index in [1.165, 1.54) is 14.2 Å². The molecule has 14 atom stereocenters. The highest BCUT2D eigenvalue weighted by atomic mass is 16.7. The maximum absolute atomic E-state index is 12.3. The summed E-state index contributed by atoms with van der Waals surface area (Å²) in [6, 6.07) is 0. The van der Waals surface area contributed by atoms with E-state index in [2.05, 4.69) is 0 Å². The smallest absolute Gasteiger partial charge is 0.308 e. The van der Waals surface area contributed by atoms with Gasteiger partial charge >= 0.3 is 11.9 Å². The zero-order valence-electron chi connectivity index (χ0n) is 25.7. The van der Waals surface area contributed by atoms with Crippen LogP contribution in [0.3, 0.4) is 0 Å². The first-order valence-corrected chi connectivity index (χ1v) is 15.3. The fourth-order valence-electron chi connectivity index (χ4n) is 7.16. The molecule has 2 saturated heterocycles. The first kappa shape index (κ1) is 36.3. The monoisotopic (exact) mass is 652 g/mol. The second kappa shape index (κ2) is 15.1. The van der Waals surface area contributed by atoms with Crippen LogP contribution in [0.1, 0.15) is 51.9 Å². The van der Waals surface area contributed by atoms with Gasteiger partial charge in [-0.25, -0.2) is 0 Å². The molecule has 0 spiro atoms. The van der Waals surface area contributed by atoms with Crippen LogP contribution >= 0.6 is 0 Å². The second-order valence-electron chi connectivity index (χ2n) is 13.1. The van der Waals surface area contributed by atoms with Gasteiger partial charge in [-0.2, -0.15) is 0 Å². The molecular weight excluding hydrogens is 604 g/mol. The minimum atomic E-state index is -1.89. The van der Waals surface area contributed by atoms with Crippen molar-refractivity contribution in [3.63, 3.8) is 0 Å².